The molecule has 1 aromatic heterocycles. The van der Waals surface area contributed by atoms with Crippen molar-refractivity contribution in [2.75, 3.05) is 27.4 Å². The van der Waals surface area contributed by atoms with Crippen molar-refractivity contribution in [2.45, 2.75) is 0 Å². The summed E-state index contributed by atoms with van der Waals surface area (Å²) in [5.74, 6) is 0.818. The minimum atomic E-state index is 0.322. The van der Waals surface area contributed by atoms with Crippen LogP contribution in [0.4, 0.5) is 0 Å². The van der Waals surface area contributed by atoms with Crippen LogP contribution in [0.5, 0.6) is 11.6 Å². The van der Waals surface area contributed by atoms with Gasteiger partial charge in [0.1, 0.15) is 12.9 Å². The monoisotopic (exact) mass is 288 g/mol. The molecule has 6 nitrogen and oxygen atoms in total. The standard InChI is InChI=1S/C15H16N2O4/c1-19-7-8-21-15-14(20-2)9-13(16-17-15)12-5-3-11(10-18)4-6-12/h3-6,9-10H,7-8H2,1-2H3. The summed E-state index contributed by atoms with van der Waals surface area (Å²) in [6, 6.07) is 8.79. The minimum Gasteiger partial charge on any atom is -0.491 e. The van der Waals surface area contributed by atoms with E-state index >= 15 is 0 Å². The Bertz CT molecular complexity index is 599. The second kappa shape index (κ2) is 7.35. The van der Waals surface area contributed by atoms with Gasteiger partial charge in [0.05, 0.1) is 19.4 Å². The smallest absolute Gasteiger partial charge is 0.276 e. The van der Waals surface area contributed by atoms with Crippen molar-refractivity contribution in [1.29, 1.82) is 0 Å². The first kappa shape index (κ1) is 14.9. The lowest BCUT2D eigenvalue weighted by atomic mass is 10.1. The molecule has 0 saturated carbocycles. The number of carbonyl (C=O) groups excluding carboxylic acids is 1. The molecule has 0 spiro atoms. The van der Waals surface area contributed by atoms with Gasteiger partial charge in [0.2, 0.25) is 0 Å². The van der Waals surface area contributed by atoms with Gasteiger partial charge in [-0.15, -0.1) is 10.2 Å². The number of benzene rings is 1. The molecule has 0 radical (unpaired) electrons. The average molecular weight is 288 g/mol. The summed E-state index contributed by atoms with van der Waals surface area (Å²) in [6.45, 7) is 0.828. The summed E-state index contributed by atoms with van der Waals surface area (Å²) in [5, 5.41) is 8.13. The Balaban J connectivity index is 2.22. The number of hydrogen-bond acceptors (Lipinski definition) is 6. The summed E-state index contributed by atoms with van der Waals surface area (Å²) in [6.07, 6.45) is 0.794. The number of carbonyl (C=O) groups is 1. The maximum absolute atomic E-state index is 10.6. The van der Waals surface area contributed by atoms with E-state index in [0.29, 0.717) is 36.1 Å². The fraction of sp³-hybridized carbons (Fsp3) is 0.267. The third-order valence-electron chi connectivity index (χ3n) is 2.82. The molecule has 2 rings (SSSR count). The lowest BCUT2D eigenvalue weighted by molar-refractivity contribution is 0.112. The molecule has 0 amide bonds. The third-order valence-corrected chi connectivity index (χ3v) is 2.82. The molecule has 0 aliphatic heterocycles. The minimum absolute atomic E-state index is 0.322. The zero-order valence-corrected chi connectivity index (χ0v) is 11.9. The number of aldehydes is 1. The summed E-state index contributed by atoms with van der Waals surface area (Å²) in [7, 11) is 3.14. The van der Waals surface area contributed by atoms with Crippen molar-refractivity contribution >= 4 is 6.29 Å². The van der Waals surface area contributed by atoms with Crippen LogP contribution in [0.1, 0.15) is 10.4 Å². The van der Waals surface area contributed by atoms with E-state index in [4.69, 9.17) is 14.2 Å². The van der Waals surface area contributed by atoms with Crippen LogP contribution >= 0.6 is 0 Å². The van der Waals surface area contributed by atoms with Gasteiger partial charge in [-0.25, -0.2) is 0 Å². The predicted octanol–water partition coefficient (Wildman–Crippen LogP) is 1.99. The van der Waals surface area contributed by atoms with Gasteiger partial charge in [0.15, 0.2) is 5.75 Å². The number of hydrogen-bond donors (Lipinski definition) is 0. The van der Waals surface area contributed by atoms with E-state index in [0.717, 1.165) is 11.8 Å². The highest BCUT2D eigenvalue weighted by molar-refractivity contribution is 5.76. The van der Waals surface area contributed by atoms with Crippen LogP contribution in [0.2, 0.25) is 0 Å². The number of aromatic nitrogens is 2. The Morgan fingerprint density at radius 2 is 1.86 bits per heavy atom. The Morgan fingerprint density at radius 1 is 1.10 bits per heavy atom. The van der Waals surface area contributed by atoms with Crippen molar-refractivity contribution in [3.05, 3.63) is 35.9 Å². The molecular weight excluding hydrogens is 272 g/mol. The highest BCUT2D eigenvalue weighted by Crippen LogP contribution is 2.28. The highest BCUT2D eigenvalue weighted by atomic mass is 16.5. The van der Waals surface area contributed by atoms with E-state index in [-0.39, 0.29) is 0 Å². The molecule has 1 heterocycles. The number of rotatable bonds is 7. The van der Waals surface area contributed by atoms with Crippen molar-refractivity contribution in [3.8, 4) is 22.9 Å². The van der Waals surface area contributed by atoms with E-state index < -0.39 is 0 Å². The Morgan fingerprint density at radius 3 is 2.48 bits per heavy atom. The van der Waals surface area contributed by atoms with Crippen LogP contribution in [0.15, 0.2) is 30.3 Å². The lowest BCUT2D eigenvalue weighted by Gasteiger charge is -2.09. The number of ether oxygens (including phenoxy) is 3. The van der Waals surface area contributed by atoms with Gasteiger partial charge in [-0.2, -0.15) is 0 Å². The molecule has 0 N–H and O–H groups in total. The van der Waals surface area contributed by atoms with Crippen LogP contribution in [0.25, 0.3) is 11.3 Å². The molecule has 1 aromatic carbocycles. The van der Waals surface area contributed by atoms with Gasteiger partial charge in [-0.1, -0.05) is 24.3 Å². The van der Waals surface area contributed by atoms with Gasteiger partial charge in [0.25, 0.3) is 5.88 Å². The summed E-state index contributed by atoms with van der Waals surface area (Å²) in [4.78, 5) is 10.6. The molecule has 6 heteroatoms. The summed E-state index contributed by atoms with van der Waals surface area (Å²) >= 11 is 0. The molecule has 21 heavy (non-hydrogen) atoms. The SMILES string of the molecule is COCCOc1nnc(-c2ccc(C=O)cc2)cc1OC. The van der Waals surface area contributed by atoms with Gasteiger partial charge >= 0.3 is 0 Å². The van der Waals surface area contributed by atoms with E-state index in [9.17, 15) is 4.79 Å². The van der Waals surface area contributed by atoms with Crippen LogP contribution < -0.4 is 9.47 Å². The third kappa shape index (κ3) is 3.76. The number of methoxy groups -OCH3 is 2. The Kier molecular flexibility index (Phi) is 5.22. The molecule has 110 valence electrons. The van der Waals surface area contributed by atoms with Crippen LogP contribution in [-0.2, 0) is 4.74 Å². The maximum Gasteiger partial charge on any atom is 0.276 e. The first-order valence-corrected chi connectivity index (χ1v) is 6.37. The Labute approximate surface area is 122 Å². The number of nitrogens with zero attached hydrogens (tertiary/aromatic N) is 2. The summed E-state index contributed by atoms with van der Waals surface area (Å²) < 4.78 is 15.6. The molecule has 0 bridgehead atoms. The maximum atomic E-state index is 10.6. The zero-order valence-electron chi connectivity index (χ0n) is 11.9. The molecule has 0 aliphatic carbocycles. The first-order chi connectivity index (χ1) is 10.3. The molecule has 0 atom stereocenters. The fourth-order valence-electron chi connectivity index (χ4n) is 1.70. The van der Waals surface area contributed by atoms with Gasteiger partial charge in [0, 0.05) is 24.3 Å². The second-order valence-electron chi connectivity index (χ2n) is 4.18. The fourth-order valence-corrected chi connectivity index (χ4v) is 1.70. The van der Waals surface area contributed by atoms with Gasteiger partial charge in [-0.05, 0) is 0 Å². The molecule has 0 aliphatic rings. The molecular formula is C15H16N2O4. The predicted molar refractivity (Wildman–Crippen MR) is 76.8 cm³/mol. The van der Waals surface area contributed by atoms with Gasteiger partial charge < -0.3 is 14.2 Å². The molecule has 2 aromatic rings. The lowest BCUT2D eigenvalue weighted by Crippen LogP contribution is -2.07. The van der Waals surface area contributed by atoms with Crippen molar-refractivity contribution in [3.63, 3.8) is 0 Å². The van der Waals surface area contributed by atoms with Crippen LogP contribution in [-0.4, -0.2) is 43.9 Å². The first-order valence-electron chi connectivity index (χ1n) is 6.37. The van der Waals surface area contributed by atoms with Crippen molar-refractivity contribution in [1.82, 2.24) is 10.2 Å². The van der Waals surface area contributed by atoms with Crippen molar-refractivity contribution in [2.24, 2.45) is 0 Å². The molecule has 0 unspecified atom stereocenters. The van der Waals surface area contributed by atoms with E-state index in [1.807, 2.05) is 0 Å². The molecule has 0 saturated heterocycles. The quantitative estimate of drug-likeness (QED) is 0.573. The summed E-state index contributed by atoms with van der Waals surface area (Å²) in [5.41, 5.74) is 2.09. The average Bonchev–Trinajstić information content (AvgIpc) is 2.55. The van der Waals surface area contributed by atoms with Crippen molar-refractivity contribution < 1.29 is 19.0 Å². The molecule has 0 fully saturated rings. The Hall–Kier alpha value is -2.47. The van der Waals surface area contributed by atoms with E-state index in [1.54, 1.807) is 44.6 Å². The zero-order chi connectivity index (χ0) is 15.1. The van der Waals surface area contributed by atoms with E-state index in [1.165, 1.54) is 0 Å². The van der Waals surface area contributed by atoms with Crippen LogP contribution in [0, 0.1) is 0 Å². The van der Waals surface area contributed by atoms with Gasteiger partial charge in [-0.3, -0.25) is 4.79 Å². The van der Waals surface area contributed by atoms with Crippen LogP contribution in [0.3, 0.4) is 0 Å². The normalized spacial score (nSPS) is 10.2. The topological polar surface area (TPSA) is 70.5 Å². The largest absolute Gasteiger partial charge is 0.491 e. The second-order valence-corrected chi connectivity index (χ2v) is 4.18. The highest BCUT2D eigenvalue weighted by Gasteiger charge is 2.10. The van der Waals surface area contributed by atoms with E-state index in [2.05, 4.69) is 10.2 Å².